The predicted octanol–water partition coefficient (Wildman–Crippen LogP) is 3.21. The van der Waals surface area contributed by atoms with E-state index in [0.29, 0.717) is 17.6 Å². The van der Waals surface area contributed by atoms with Crippen molar-refractivity contribution in [3.05, 3.63) is 20.9 Å². The van der Waals surface area contributed by atoms with Gasteiger partial charge < -0.3 is 5.32 Å². The highest BCUT2D eigenvalue weighted by atomic mass is 32.1. The maximum Gasteiger partial charge on any atom is 0.252 e. The van der Waals surface area contributed by atoms with Gasteiger partial charge >= 0.3 is 0 Å². The Morgan fingerprint density at radius 3 is 2.55 bits per heavy atom. The molecule has 4 heteroatoms. The molecule has 1 N–H and O–H groups in total. The van der Waals surface area contributed by atoms with E-state index in [9.17, 15) is 9.59 Å². The number of hydrogen-bond acceptors (Lipinski definition) is 3. The molecule has 0 radical (unpaired) electrons. The van der Waals surface area contributed by atoms with Gasteiger partial charge in [0, 0.05) is 29.1 Å². The van der Waals surface area contributed by atoms with Gasteiger partial charge in [0.05, 0.1) is 5.56 Å². The summed E-state index contributed by atoms with van der Waals surface area (Å²) in [6, 6.07) is 0. The molecular weight excluding hydrogens is 270 g/mol. The fourth-order valence-corrected chi connectivity index (χ4v) is 5.01. The molecule has 0 bridgehead atoms. The highest BCUT2D eigenvalue weighted by Crippen LogP contribution is 2.42. The van der Waals surface area contributed by atoms with E-state index >= 15 is 0 Å². The van der Waals surface area contributed by atoms with E-state index in [4.69, 9.17) is 0 Å². The van der Waals surface area contributed by atoms with E-state index in [0.717, 1.165) is 44.2 Å². The largest absolute Gasteiger partial charge is 0.352 e. The molecular formula is C16H21NO2S. The van der Waals surface area contributed by atoms with Gasteiger partial charge in [-0.15, -0.1) is 11.3 Å². The predicted molar refractivity (Wildman–Crippen MR) is 80.5 cm³/mol. The Labute approximate surface area is 123 Å². The smallest absolute Gasteiger partial charge is 0.252 e. The summed E-state index contributed by atoms with van der Waals surface area (Å²) < 4.78 is 0. The molecule has 1 fully saturated rings. The van der Waals surface area contributed by atoms with Crippen LogP contribution in [-0.4, -0.2) is 18.2 Å². The van der Waals surface area contributed by atoms with Crippen LogP contribution in [0.3, 0.4) is 0 Å². The average molecular weight is 291 g/mol. The minimum absolute atomic E-state index is 0.0947. The van der Waals surface area contributed by atoms with Crippen molar-refractivity contribution >= 4 is 23.0 Å². The topological polar surface area (TPSA) is 46.2 Å². The molecule has 20 heavy (non-hydrogen) atoms. The Bertz CT molecular complexity index is 551. The molecule has 1 atom stereocenters. The first-order valence-corrected chi connectivity index (χ1v) is 8.31. The second kappa shape index (κ2) is 5.32. The number of nitrogens with one attached hydrogen (secondary N) is 1. The lowest BCUT2D eigenvalue weighted by Gasteiger charge is -2.27. The van der Waals surface area contributed by atoms with Crippen molar-refractivity contribution in [3.8, 4) is 0 Å². The molecule has 3 rings (SSSR count). The Kier molecular flexibility index (Phi) is 3.67. The number of Topliss-reactive ketones (excluding diaryl/α,β-unsaturated/α-hetero) is 1. The molecule has 1 aliphatic carbocycles. The summed E-state index contributed by atoms with van der Waals surface area (Å²) in [5, 5.41) is 2.94. The zero-order valence-corrected chi connectivity index (χ0v) is 12.9. The monoisotopic (exact) mass is 291 g/mol. The third-order valence-electron chi connectivity index (χ3n) is 4.83. The molecule has 1 aliphatic heterocycles. The van der Waals surface area contributed by atoms with Crippen LogP contribution in [-0.2, 0) is 11.2 Å². The second-order valence-electron chi connectivity index (χ2n) is 6.06. The van der Waals surface area contributed by atoms with Crippen molar-refractivity contribution in [2.24, 2.45) is 5.92 Å². The molecule has 2 aliphatic rings. The second-order valence-corrected chi connectivity index (χ2v) is 7.20. The summed E-state index contributed by atoms with van der Waals surface area (Å²) in [4.78, 5) is 26.0. The molecule has 0 aromatic carbocycles. The maximum absolute atomic E-state index is 12.0. The number of thiophene rings is 1. The van der Waals surface area contributed by atoms with Crippen molar-refractivity contribution in [1.29, 1.82) is 0 Å². The minimum atomic E-state index is 0.0947. The number of carbonyl (C=O) groups excluding carboxylic acids is 2. The summed E-state index contributed by atoms with van der Waals surface area (Å²) in [5.41, 5.74) is 2.10. The molecule has 1 unspecified atom stereocenters. The summed E-state index contributed by atoms with van der Waals surface area (Å²) >= 11 is 1.82. The molecule has 2 heterocycles. The van der Waals surface area contributed by atoms with E-state index in [2.05, 4.69) is 19.2 Å². The van der Waals surface area contributed by atoms with Crippen molar-refractivity contribution < 1.29 is 9.59 Å². The van der Waals surface area contributed by atoms with E-state index < -0.39 is 0 Å². The number of rotatable bonds is 2. The first-order valence-electron chi connectivity index (χ1n) is 7.50. The first kappa shape index (κ1) is 13.8. The average Bonchev–Trinajstić information content (AvgIpc) is 2.77. The molecule has 1 aromatic rings. The van der Waals surface area contributed by atoms with Gasteiger partial charge in [0.2, 0.25) is 0 Å². The van der Waals surface area contributed by atoms with Gasteiger partial charge in [-0.2, -0.15) is 0 Å². The molecule has 108 valence electrons. The highest BCUT2D eigenvalue weighted by Gasteiger charge is 2.30. The van der Waals surface area contributed by atoms with Gasteiger partial charge in [-0.25, -0.2) is 0 Å². The van der Waals surface area contributed by atoms with Gasteiger partial charge in [0.15, 0.2) is 0 Å². The van der Waals surface area contributed by atoms with Crippen LogP contribution in [0.15, 0.2) is 0 Å². The number of fused-ring (bicyclic) bond motifs is 1. The van der Waals surface area contributed by atoms with Crippen molar-refractivity contribution in [2.75, 3.05) is 6.54 Å². The van der Waals surface area contributed by atoms with Crippen LogP contribution in [0.2, 0.25) is 0 Å². The summed E-state index contributed by atoms with van der Waals surface area (Å²) in [6.45, 7) is 5.11. The molecule has 3 nitrogen and oxygen atoms in total. The third-order valence-corrected chi connectivity index (χ3v) is 6.38. The zero-order valence-electron chi connectivity index (χ0n) is 12.1. The normalized spacial score (nSPS) is 21.5. The van der Waals surface area contributed by atoms with Crippen LogP contribution in [0.1, 0.15) is 64.2 Å². The van der Waals surface area contributed by atoms with Gasteiger partial charge in [0.25, 0.3) is 5.91 Å². The fourth-order valence-electron chi connectivity index (χ4n) is 3.55. The SMILES string of the molecule is Cc1c(C(C)C2CCC(=O)CC2)sc2c1C(=O)NCC2. The van der Waals surface area contributed by atoms with Crippen LogP contribution < -0.4 is 5.32 Å². The Hall–Kier alpha value is -1.16. The van der Waals surface area contributed by atoms with Crippen LogP contribution >= 0.6 is 11.3 Å². The lowest BCUT2D eigenvalue weighted by Crippen LogP contribution is -2.31. The Morgan fingerprint density at radius 1 is 1.20 bits per heavy atom. The summed E-state index contributed by atoms with van der Waals surface area (Å²) in [7, 11) is 0. The van der Waals surface area contributed by atoms with Crippen LogP contribution in [0.25, 0.3) is 0 Å². The highest BCUT2D eigenvalue weighted by molar-refractivity contribution is 7.12. The van der Waals surface area contributed by atoms with E-state index in [1.807, 2.05) is 11.3 Å². The van der Waals surface area contributed by atoms with E-state index in [1.165, 1.54) is 15.3 Å². The van der Waals surface area contributed by atoms with E-state index in [-0.39, 0.29) is 5.91 Å². The molecule has 1 amide bonds. The Balaban J connectivity index is 1.87. The maximum atomic E-state index is 12.0. The van der Waals surface area contributed by atoms with Gasteiger partial charge in [-0.3, -0.25) is 9.59 Å². The summed E-state index contributed by atoms with van der Waals surface area (Å²) in [5.74, 6) is 1.56. The quantitative estimate of drug-likeness (QED) is 0.909. The lowest BCUT2D eigenvalue weighted by molar-refractivity contribution is -0.121. The van der Waals surface area contributed by atoms with Gasteiger partial charge in [-0.05, 0) is 43.6 Å². The van der Waals surface area contributed by atoms with Gasteiger partial charge in [-0.1, -0.05) is 6.92 Å². The standard InChI is InChI=1S/C16H21NO2S/c1-9(11-3-5-12(18)6-4-11)15-10(2)14-13(20-15)7-8-17-16(14)19/h9,11H,3-8H2,1-2H3,(H,17,19). The molecule has 1 saturated carbocycles. The molecule has 0 spiro atoms. The number of carbonyl (C=O) groups is 2. The van der Waals surface area contributed by atoms with E-state index in [1.54, 1.807) is 0 Å². The summed E-state index contributed by atoms with van der Waals surface area (Å²) in [6.07, 6.45) is 4.45. The van der Waals surface area contributed by atoms with Crippen LogP contribution in [0.5, 0.6) is 0 Å². The van der Waals surface area contributed by atoms with Crippen LogP contribution in [0, 0.1) is 12.8 Å². The number of ketones is 1. The van der Waals surface area contributed by atoms with Gasteiger partial charge in [0.1, 0.15) is 5.78 Å². The minimum Gasteiger partial charge on any atom is -0.352 e. The molecule has 0 saturated heterocycles. The zero-order chi connectivity index (χ0) is 14.3. The number of hydrogen-bond donors (Lipinski definition) is 1. The third kappa shape index (κ3) is 2.30. The Morgan fingerprint density at radius 2 is 1.90 bits per heavy atom. The lowest BCUT2D eigenvalue weighted by atomic mass is 9.79. The van der Waals surface area contributed by atoms with Crippen molar-refractivity contribution in [3.63, 3.8) is 0 Å². The van der Waals surface area contributed by atoms with Crippen LogP contribution in [0.4, 0.5) is 0 Å². The van der Waals surface area contributed by atoms with Crippen molar-refractivity contribution in [1.82, 2.24) is 5.32 Å². The fraction of sp³-hybridized carbons (Fsp3) is 0.625. The number of amides is 1. The first-order chi connectivity index (χ1) is 9.58. The van der Waals surface area contributed by atoms with Crippen molar-refractivity contribution in [2.45, 2.75) is 51.9 Å². The molecule has 1 aromatic heterocycles.